The molecular weight excluding hydrogens is 599 g/mol. The number of aliphatic hydroxyl groups excluding tert-OH is 1. The first kappa shape index (κ1) is 31.4. The number of hydrogen-bond donors (Lipinski definition) is 4. The van der Waals surface area contributed by atoms with Crippen molar-refractivity contribution in [3.63, 3.8) is 0 Å². The summed E-state index contributed by atoms with van der Waals surface area (Å²) < 4.78 is 26.7. The van der Waals surface area contributed by atoms with Gasteiger partial charge in [-0.25, -0.2) is 4.39 Å². The molecule has 0 aliphatic heterocycles. The maximum absolute atomic E-state index is 15.3. The van der Waals surface area contributed by atoms with Crippen LogP contribution < -0.4 is 10.1 Å². The van der Waals surface area contributed by atoms with E-state index in [1.165, 1.54) is 0 Å². The Morgan fingerprint density at radius 2 is 1.85 bits per heavy atom. The van der Waals surface area contributed by atoms with E-state index >= 15 is 4.39 Å². The van der Waals surface area contributed by atoms with Gasteiger partial charge in [0.1, 0.15) is 35.1 Å². The van der Waals surface area contributed by atoms with Gasteiger partial charge in [0.25, 0.3) is 11.8 Å². The average Bonchev–Trinajstić information content (AvgIpc) is 3.41. The maximum Gasteiger partial charge on any atom is 0.265 e. The number of ether oxygens (including phenoxy) is 1. The van der Waals surface area contributed by atoms with Gasteiger partial charge in [-0.3, -0.25) is 19.3 Å². The van der Waals surface area contributed by atoms with Gasteiger partial charge in [-0.15, -0.1) is 0 Å². The highest BCUT2D eigenvalue weighted by atomic mass is 19.1. The fraction of sp³-hybridized carbons (Fsp3) is 0.394. The molecule has 1 fully saturated rings. The number of fused-ring (bicyclic) bond motifs is 4. The van der Waals surface area contributed by atoms with Gasteiger partial charge >= 0.3 is 0 Å². The van der Waals surface area contributed by atoms with Gasteiger partial charge in [0, 0.05) is 24.6 Å². The number of Topliss-reactive ketones (excluding diaryl/α,β-unsaturated/α-hetero) is 2. The SMILES string of the molecule is CN(C)CCNC(=O)c1c(F)cc2c(c1O)C(O)=C1C(=O)[C@]3(O)C(=O)c4c(OCc5ccccc5)noc4[C@@H](N(C)C)[C@@H]3C[C@@H]1C2. The summed E-state index contributed by atoms with van der Waals surface area (Å²) in [6.07, 6.45) is 0.0360. The first-order valence-corrected chi connectivity index (χ1v) is 14.9. The van der Waals surface area contributed by atoms with Crippen LogP contribution in [0.25, 0.3) is 5.76 Å². The molecule has 0 saturated heterocycles. The van der Waals surface area contributed by atoms with Crippen LogP contribution in [0, 0.1) is 17.7 Å². The van der Waals surface area contributed by atoms with Gasteiger partial charge in [-0.2, -0.15) is 0 Å². The van der Waals surface area contributed by atoms with E-state index in [2.05, 4.69) is 10.5 Å². The van der Waals surface area contributed by atoms with E-state index in [1.807, 2.05) is 30.3 Å². The molecule has 12 nitrogen and oxygen atoms in total. The van der Waals surface area contributed by atoms with Crippen molar-refractivity contribution in [2.75, 3.05) is 41.3 Å². The first-order chi connectivity index (χ1) is 21.9. The van der Waals surface area contributed by atoms with E-state index in [0.717, 1.165) is 11.6 Å². The Balaban J connectivity index is 1.40. The van der Waals surface area contributed by atoms with Crippen molar-refractivity contribution in [1.82, 2.24) is 20.3 Å². The van der Waals surface area contributed by atoms with Crippen LogP contribution in [-0.4, -0.2) is 94.6 Å². The summed E-state index contributed by atoms with van der Waals surface area (Å²) in [5.41, 5.74) is -3.08. The lowest BCUT2D eigenvalue weighted by Crippen LogP contribution is -2.63. The number of rotatable bonds is 8. The molecule has 0 bridgehead atoms. The minimum absolute atomic E-state index is 0.00307. The Labute approximate surface area is 264 Å². The second kappa shape index (κ2) is 11.6. The summed E-state index contributed by atoms with van der Waals surface area (Å²) in [5.74, 6) is -7.25. The summed E-state index contributed by atoms with van der Waals surface area (Å²) in [5, 5.41) is 41.3. The second-order valence-electron chi connectivity index (χ2n) is 12.5. The molecule has 1 aromatic heterocycles. The number of aromatic nitrogens is 1. The molecule has 242 valence electrons. The average molecular weight is 635 g/mol. The van der Waals surface area contributed by atoms with Crippen LogP contribution in [0.4, 0.5) is 4.39 Å². The Hall–Kier alpha value is -4.59. The lowest BCUT2D eigenvalue weighted by molar-refractivity contribution is -0.142. The Morgan fingerprint density at radius 1 is 1.13 bits per heavy atom. The minimum atomic E-state index is -2.64. The number of hydrogen-bond acceptors (Lipinski definition) is 11. The van der Waals surface area contributed by atoms with Crippen molar-refractivity contribution in [3.05, 3.63) is 81.4 Å². The number of nitrogens with zero attached hydrogens (tertiary/aromatic N) is 3. The predicted octanol–water partition coefficient (Wildman–Crippen LogP) is 2.65. The smallest absolute Gasteiger partial charge is 0.265 e. The number of benzene rings is 2. The van der Waals surface area contributed by atoms with Crippen molar-refractivity contribution in [2.24, 2.45) is 11.8 Å². The number of nitrogens with one attached hydrogen (secondary N) is 1. The monoisotopic (exact) mass is 634 g/mol. The zero-order valence-electron chi connectivity index (χ0n) is 25.8. The molecule has 3 aliphatic carbocycles. The van der Waals surface area contributed by atoms with Gasteiger partial charge in [-0.1, -0.05) is 30.3 Å². The summed E-state index contributed by atoms with van der Waals surface area (Å²) in [7, 11) is 7.01. The van der Waals surface area contributed by atoms with Gasteiger partial charge < -0.3 is 34.8 Å². The van der Waals surface area contributed by atoms with Gasteiger partial charge in [0.2, 0.25) is 11.6 Å². The van der Waals surface area contributed by atoms with E-state index in [-0.39, 0.29) is 59.9 Å². The summed E-state index contributed by atoms with van der Waals surface area (Å²) in [6.45, 7) is 0.668. The molecule has 4 atom stereocenters. The Morgan fingerprint density at radius 3 is 2.52 bits per heavy atom. The largest absolute Gasteiger partial charge is 0.507 e. The number of amides is 1. The molecule has 0 unspecified atom stereocenters. The number of phenolic OH excluding ortho intramolecular Hbond substituents is 1. The fourth-order valence-corrected chi connectivity index (χ4v) is 6.97. The predicted molar refractivity (Wildman–Crippen MR) is 162 cm³/mol. The van der Waals surface area contributed by atoms with Crippen LogP contribution in [0.2, 0.25) is 0 Å². The number of carbonyl (C=O) groups is 3. The number of aromatic hydroxyl groups is 1. The van der Waals surface area contributed by atoms with E-state index in [0.29, 0.717) is 6.54 Å². The molecule has 4 N–H and O–H groups in total. The van der Waals surface area contributed by atoms with Crippen molar-refractivity contribution in [2.45, 2.75) is 31.1 Å². The third-order valence-corrected chi connectivity index (χ3v) is 9.12. The highest BCUT2D eigenvalue weighted by molar-refractivity contribution is 6.26. The molecule has 13 heteroatoms. The molecule has 2 aromatic carbocycles. The maximum atomic E-state index is 15.3. The van der Waals surface area contributed by atoms with Crippen molar-refractivity contribution >= 4 is 23.2 Å². The van der Waals surface area contributed by atoms with E-state index in [1.54, 1.807) is 38.0 Å². The minimum Gasteiger partial charge on any atom is -0.507 e. The fourth-order valence-electron chi connectivity index (χ4n) is 6.97. The van der Waals surface area contributed by atoms with Gasteiger partial charge in [0.15, 0.2) is 11.4 Å². The van der Waals surface area contributed by atoms with E-state index in [4.69, 9.17) is 9.26 Å². The molecule has 1 saturated carbocycles. The summed E-state index contributed by atoms with van der Waals surface area (Å²) in [4.78, 5) is 44.8. The summed E-state index contributed by atoms with van der Waals surface area (Å²) in [6, 6.07) is 9.41. The van der Waals surface area contributed by atoms with Crippen molar-refractivity contribution < 1.29 is 43.4 Å². The van der Waals surface area contributed by atoms with Crippen molar-refractivity contribution in [1.29, 1.82) is 0 Å². The molecule has 6 rings (SSSR count). The molecule has 1 amide bonds. The van der Waals surface area contributed by atoms with E-state index in [9.17, 15) is 29.7 Å². The molecule has 46 heavy (non-hydrogen) atoms. The molecular formula is C33H35FN4O8. The molecule has 0 radical (unpaired) electrons. The molecule has 3 aromatic rings. The lowest BCUT2D eigenvalue weighted by Gasteiger charge is -2.49. The highest BCUT2D eigenvalue weighted by Crippen LogP contribution is 2.56. The third kappa shape index (κ3) is 4.86. The highest BCUT2D eigenvalue weighted by Gasteiger charge is 2.65. The number of aliphatic hydroxyl groups is 2. The molecule has 1 heterocycles. The van der Waals surface area contributed by atoms with Crippen LogP contribution in [0.3, 0.4) is 0 Å². The zero-order valence-corrected chi connectivity index (χ0v) is 25.8. The van der Waals surface area contributed by atoms with E-state index < -0.39 is 63.8 Å². The number of phenols is 1. The Kier molecular flexibility index (Phi) is 7.95. The topological polar surface area (TPSA) is 166 Å². The summed E-state index contributed by atoms with van der Waals surface area (Å²) >= 11 is 0. The van der Waals surface area contributed by atoms with Crippen molar-refractivity contribution in [3.8, 4) is 11.6 Å². The number of likely N-dealkylation sites (N-methyl/N-ethyl adjacent to an activating group) is 1. The van der Waals surface area contributed by atoms with Crippen LogP contribution in [0.1, 0.15) is 55.6 Å². The number of halogens is 1. The van der Waals surface area contributed by atoms with Crippen LogP contribution in [0.5, 0.6) is 11.6 Å². The lowest BCUT2D eigenvalue weighted by atomic mass is 9.57. The first-order valence-electron chi connectivity index (χ1n) is 14.9. The zero-order chi connectivity index (χ0) is 33.1. The van der Waals surface area contributed by atoms with Crippen LogP contribution in [-0.2, 0) is 17.8 Å². The van der Waals surface area contributed by atoms with Gasteiger partial charge in [0.05, 0.1) is 11.6 Å². The Bertz CT molecular complexity index is 1770. The number of carbonyl (C=O) groups excluding carboxylic acids is 3. The molecule has 0 spiro atoms. The third-order valence-electron chi connectivity index (χ3n) is 9.12. The van der Waals surface area contributed by atoms with Gasteiger partial charge in [-0.05, 0) is 69.3 Å². The quantitative estimate of drug-likeness (QED) is 0.269. The normalized spacial score (nSPS) is 23.6. The van der Waals surface area contributed by atoms with Crippen LogP contribution in [0.15, 0.2) is 46.5 Å². The number of ketones is 2. The van der Waals surface area contributed by atoms with Crippen LogP contribution >= 0.6 is 0 Å². The second-order valence-corrected chi connectivity index (χ2v) is 12.5. The molecule has 3 aliphatic rings. The standard InChI is InChI=1S/C33H35FN4O8/c1-37(2)11-10-35-31(43)23-20(34)14-18-12-17-13-19-25(38(3)4)28-24(32(36-46-28)45-15-16-8-6-5-7-9-16)30(42)33(19,44)29(41)22(17)26(39)21(18)27(23)40/h5-9,14,17,19,25,39-40,44H,10-13,15H2,1-4H3,(H,35,43)/t17-,19-,25-,33-/m0/s1.